The van der Waals surface area contributed by atoms with E-state index in [0.29, 0.717) is 10.6 Å². The van der Waals surface area contributed by atoms with E-state index in [-0.39, 0.29) is 0 Å². The molecule has 0 radical (unpaired) electrons. The average molecular weight is 326 g/mol. The van der Waals surface area contributed by atoms with Crippen molar-refractivity contribution in [3.8, 4) is 16.5 Å². The molecule has 0 fully saturated rings. The molecule has 2 nitrogen and oxygen atoms in total. The Kier molecular flexibility index (Phi) is 2.93. The zero-order chi connectivity index (χ0) is 10.8. The van der Waals surface area contributed by atoms with Crippen LogP contribution in [-0.2, 0) is 0 Å². The fraction of sp³-hybridized carbons (Fsp3) is 0. The Morgan fingerprint density at radius 3 is 2.67 bits per heavy atom. The molecule has 1 heterocycles. The third-order valence-corrected chi connectivity index (χ3v) is 4.03. The van der Waals surface area contributed by atoms with Gasteiger partial charge in [0.15, 0.2) is 0 Å². The first-order valence-corrected chi connectivity index (χ1v) is 6.16. The third-order valence-electron chi connectivity index (χ3n) is 2.00. The van der Waals surface area contributed by atoms with Gasteiger partial charge in [-0.3, -0.25) is 0 Å². The minimum absolute atomic E-state index is 0.567. The molecule has 0 aliphatic heterocycles. The molecule has 2 aromatic rings. The SMILES string of the molecule is N#Cc1sc(-c2ccccc2I)cc1N. The minimum atomic E-state index is 0.567. The van der Waals surface area contributed by atoms with Gasteiger partial charge in [-0.1, -0.05) is 18.2 Å². The highest BCUT2D eigenvalue weighted by molar-refractivity contribution is 14.1. The van der Waals surface area contributed by atoms with Crippen molar-refractivity contribution in [2.75, 3.05) is 5.73 Å². The lowest BCUT2D eigenvalue weighted by atomic mass is 10.2. The van der Waals surface area contributed by atoms with Gasteiger partial charge < -0.3 is 5.73 Å². The molecular formula is C11H7IN2S. The fourth-order valence-corrected chi connectivity index (χ4v) is 3.06. The number of halogens is 1. The molecular weight excluding hydrogens is 319 g/mol. The minimum Gasteiger partial charge on any atom is -0.397 e. The van der Waals surface area contributed by atoms with Gasteiger partial charge in [0.2, 0.25) is 0 Å². The molecule has 0 saturated carbocycles. The van der Waals surface area contributed by atoms with Crippen molar-refractivity contribution in [2.24, 2.45) is 0 Å². The molecule has 0 bridgehead atoms. The van der Waals surface area contributed by atoms with E-state index >= 15 is 0 Å². The summed E-state index contributed by atoms with van der Waals surface area (Å²) in [6.45, 7) is 0. The number of rotatable bonds is 1. The Bertz CT molecular complexity index is 540. The van der Waals surface area contributed by atoms with Crippen LogP contribution in [-0.4, -0.2) is 0 Å². The summed E-state index contributed by atoms with van der Waals surface area (Å²) in [5.74, 6) is 0. The molecule has 2 N–H and O–H groups in total. The van der Waals surface area contributed by atoms with Crippen molar-refractivity contribution in [3.05, 3.63) is 38.8 Å². The number of nitrogens with two attached hydrogens (primary N) is 1. The lowest BCUT2D eigenvalue weighted by molar-refractivity contribution is 1.52. The van der Waals surface area contributed by atoms with Crippen molar-refractivity contribution >= 4 is 39.6 Å². The monoisotopic (exact) mass is 326 g/mol. The Morgan fingerprint density at radius 1 is 1.33 bits per heavy atom. The van der Waals surface area contributed by atoms with Crippen LogP contribution in [0, 0.1) is 14.9 Å². The summed E-state index contributed by atoms with van der Waals surface area (Å²) in [6.07, 6.45) is 0. The van der Waals surface area contributed by atoms with Gasteiger partial charge in [0.25, 0.3) is 0 Å². The highest BCUT2D eigenvalue weighted by Gasteiger charge is 2.09. The van der Waals surface area contributed by atoms with Gasteiger partial charge in [-0.2, -0.15) is 5.26 Å². The number of benzene rings is 1. The summed E-state index contributed by atoms with van der Waals surface area (Å²) in [6, 6.07) is 12.0. The second-order valence-corrected chi connectivity index (χ2v) is 5.20. The molecule has 0 amide bonds. The van der Waals surface area contributed by atoms with E-state index in [2.05, 4.69) is 28.7 Å². The van der Waals surface area contributed by atoms with E-state index in [1.807, 2.05) is 30.3 Å². The van der Waals surface area contributed by atoms with Gasteiger partial charge in [-0.25, -0.2) is 0 Å². The van der Waals surface area contributed by atoms with E-state index in [0.717, 1.165) is 10.4 Å². The van der Waals surface area contributed by atoms with E-state index in [4.69, 9.17) is 11.0 Å². The number of hydrogen-bond acceptors (Lipinski definition) is 3. The lowest BCUT2D eigenvalue weighted by Gasteiger charge is -1.99. The van der Waals surface area contributed by atoms with Crippen LogP contribution < -0.4 is 5.73 Å². The second-order valence-electron chi connectivity index (χ2n) is 2.99. The van der Waals surface area contributed by atoms with Crippen LogP contribution in [0.1, 0.15) is 4.88 Å². The van der Waals surface area contributed by atoms with E-state index in [9.17, 15) is 0 Å². The number of hydrogen-bond donors (Lipinski definition) is 1. The molecule has 0 aliphatic rings. The molecule has 0 spiro atoms. The maximum absolute atomic E-state index is 8.83. The Balaban J connectivity index is 2.56. The molecule has 4 heteroatoms. The van der Waals surface area contributed by atoms with Gasteiger partial charge in [0, 0.05) is 14.0 Å². The number of nitrogen functional groups attached to an aromatic ring is 1. The third kappa shape index (κ3) is 1.98. The van der Waals surface area contributed by atoms with Crippen LogP contribution in [0.15, 0.2) is 30.3 Å². The molecule has 74 valence electrons. The molecule has 2 rings (SSSR count). The van der Waals surface area contributed by atoms with Crippen molar-refractivity contribution in [2.45, 2.75) is 0 Å². The van der Waals surface area contributed by atoms with Gasteiger partial charge in [-0.05, 0) is 34.7 Å². The van der Waals surface area contributed by atoms with E-state index < -0.39 is 0 Å². The first-order valence-electron chi connectivity index (χ1n) is 4.26. The summed E-state index contributed by atoms with van der Waals surface area (Å²) in [5, 5.41) is 8.83. The quantitative estimate of drug-likeness (QED) is 0.816. The van der Waals surface area contributed by atoms with Crippen LogP contribution in [0.4, 0.5) is 5.69 Å². The largest absolute Gasteiger partial charge is 0.397 e. The van der Waals surface area contributed by atoms with Crippen LogP contribution in [0.25, 0.3) is 10.4 Å². The second kappa shape index (κ2) is 4.21. The first-order chi connectivity index (χ1) is 7.22. The summed E-state index contributed by atoms with van der Waals surface area (Å²) in [7, 11) is 0. The van der Waals surface area contributed by atoms with Gasteiger partial charge in [0.1, 0.15) is 10.9 Å². The topological polar surface area (TPSA) is 49.8 Å². The maximum atomic E-state index is 8.83. The number of anilines is 1. The predicted molar refractivity (Wildman–Crippen MR) is 71.6 cm³/mol. The Morgan fingerprint density at radius 2 is 2.07 bits per heavy atom. The van der Waals surface area contributed by atoms with Gasteiger partial charge in [-0.15, -0.1) is 11.3 Å². The highest BCUT2D eigenvalue weighted by Crippen LogP contribution is 2.34. The Labute approximate surface area is 105 Å². The summed E-state index contributed by atoms with van der Waals surface area (Å²) in [5.41, 5.74) is 7.43. The van der Waals surface area contributed by atoms with Crippen molar-refractivity contribution in [3.63, 3.8) is 0 Å². The molecule has 0 aliphatic carbocycles. The molecule has 15 heavy (non-hydrogen) atoms. The van der Waals surface area contributed by atoms with Crippen LogP contribution >= 0.6 is 33.9 Å². The predicted octanol–water partition coefficient (Wildman–Crippen LogP) is 3.47. The average Bonchev–Trinajstić information content (AvgIpc) is 2.60. The van der Waals surface area contributed by atoms with Crippen molar-refractivity contribution < 1.29 is 0 Å². The number of thiophene rings is 1. The van der Waals surface area contributed by atoms with Crippen LogP contribution in [0.5, 0.6) is 0 Å². The zero-order valence-electron chi connectivity index (χ0n) is 7.70. The summed E-state index contributed by atoms with van der Waals surface area (Å²) in [4.78, 5) is 1.64. The molecule has 0 saturated heterocycles. The van der Waals surface area contributed by atoms with E-state index in [1.54, 1.807) is 0 Å². The number of nitriles is 1. The maximum Gasteiger partial charge on any atom is 0.128 e. The Hall–Kier alpha value is -1.06. The molecule has 0 atom stereocenters. The lowest BCUT2D eigenvalue weighted by Crippen LogP contribution is -1.82. The van der Waals surface area contributed by atoms with Gasteiger partial charge in [0.05, 0.1) is 5.69 Å². The number of nitrogens with zero attached hydrogens (tertiary/aromatic N) is 1. The van der Waals surface area contributed by atoms with E-state index in [1.165, 1.54) is 14.9 Å². The van der Waals surface area contributed by atoms with Gasteiger partial charge >= 0.3 is 0 Å². The smallest absolute Gasteiger partial charge is 0.128 e. The standard InChI is InChI=1S/C11H7IN2S/c12-8-4-2-1-3-7(8)10-5-9(14)11(6-13)15-10/h1-5H,14H2. The summed E-state index contributed by atoms with van der Waals surface area (Å²) >= 11 is 3.72. The normalized spacial score (nSPS) is 9.87. The first kappa shape index (κ1) is 10.5. The highest BCUT2D eigenvalue weighted by atomic mass is 127. The molecule has 0 unspecified atom stereocenters. The molecule has 1 aromatic carbocycles. The van der Waals surface area contributed by atoms with Crippen LogP contribution in [0.2, 0.25) is 0 Å². The molecule has 1 aromatic heterocycles. The van der Waals surface area contributed by atoms with Crippen molar-refractivity contribution in [1.82, 2.24) is 0 Å². The van der Waals surface area contributed by atoms with Crippen molar-refractivity contribution in [1.29, 1.82) is 5.26 Å². The zero-order valence-corrected chi connectivity index (χ0v) is 10.7. The fourth-order valence-electron chi connectivity index (χ4n) is 1.29. The van der Waals surface area contributed by atoms with Crippen LogP contribution in [0.3, 0.4) is 0 Å². The summed E-state index contributed by atoms with van der Waals surface area (Å²) < 4.78 is 1.17.